The van der Waals surface area contributed by atoms with Crippen LogP contribution in [-0.2, 0) is 6.54 Å². The first kappa shape index (κ1) is 8.73. The van der Waals surface area contributed by atoms with Crippen LogP contribution in [-0.4, -0.2) is 14.7 Å². The van der Waals surface area contributed by atoms with Crippen molar-refractivity contribution >= 4 is 11.0 Å². The van der Waals surface area contributed by atoms with Gasteiger partial charge in [0.15, 0.2) is 0 Å². The standard InChI is InChI=1S/C11H13N3O/c12-6-11-13-9-4-3-8(15)5-10(9)14(11)7-1-2-7/h3-5,7,15H,1-2,6,12H2. The van der Waals surface area contributed by atoms with Gasteiger partial charge in [-0.2, -0.15) is 0 Å². The van der Waals surface area contributed by atoms with Crippen LogP contribution in [0.4, 0.5) is 0 Å². The molecule has 3 N–H and O–H groups in total. The Bertz CT molecular complexity index is 514. The maximum atomic E-state index is 9.47. The van der Waals surface area contributed by atoms with Gasteiger partial charge in [0.2, 0.25) is 0 Å². The molecule has 1 aliphatic carbocycles. The first-order valence-corrected chi connectivity index (χ1v) is 5.19. The number of phenols is 1. The molecule has 1 aromatic heterocycles. The Morgan fingerprint density at radius 2 is 2.27 bits per heavy atom. The number of aromatic hydroxyl groups is 1. The molecule has 0 bridgehead atoms. The predicted molar refractivity (Wildman–Crippen MR) is 57.6 cm³/mol. The van der Waals surface area contributed by atoms with Crippen LogP contribution in [0.5, 0.6) is 5.75 Å². The van der Waals surface area contributed by atoms with Gasteiger partial charge in [0.25, 0.3) is 0 Å². The van der Waals surface area contributed by atoms with E-state index < -0.39 is 0 Å². The van der Waals surface area contributed by atoms with Gasteiger partial charge in [-0.25, -0.2) is 4.98 Å². The van der Waals surface area contributed by atoms with E-state index in [2.05, 4.69) is 9.55 Å². The van der Waals surface area contributed by atoms with Gasteiger partial charge in [0.1, 0.15) is 11.6 Å². The maximum absolute atomic E-state index is 9.47. The van der Waals surface area contributed by atoms with Gasteiger partial charge in [0.05, 0.1) is 17.6 Å². The number of nitrogens with two attached hydrogens (primary N) is 1. The summed E-state index contributed by atoms with van der Waals surface area (Å²) in [7, 11) is 0. The smallest absolute Gasteiger partial charge is 0.123 e. The molecular weight excluding hydrogens is 190 g/mol. The summed E-state index contributed by atoms with van der Waals surface area (Å²) in [6.07, 6.45) is 2.38. The summed E-state index contributed by atoms with van der Waals surface area (Å²) in [5.74, 6) is 1.20. The quantitative estimate of drug-likeness (QED) is 0.778. The van der Waals surface area contributed by atoms with Gasteiger partial charge in [-0.15, -0.1) is 0 Å². The van der Waals surface area contributed by atoms with Gasteiger partial charge in [0, 0.05) is 12.1 Å². The monoisotopic (exact) mass is 203 g/mol. The fourth-order valence-electron chi connectivity index (χ4n) is 2.02. The van der Waals surface area contributed by atoms with E-state index in [-0.39, 0.29) is 5.75 Å². The van der Waals surface area contributed by atoms with E-state index in [4.69, 9.17) is 5.73 Å². The van der Waals surface area contributed by atoms with Gasteiger partial charge in [-0.3, -0.25) is 0 Å². The summed E-state index contributed by atoms with van der Waals surface area (Å²) in [4.78, 5) is 4.46. The normalized spacial score (nSPS) is 16.1. The highest BCUT2D eigenvalue weighted by molar-refractivity contribution is 5.78. The van der Waals surface area contributed by atoms with Crippen LogP contribution in [0.1, 0.15) is 24.7 Å². The molecule has 1 aromatic carbocycles. The minimum absolute atomic E-state index is 0.285. The number of aromatic nitrogens is 2. The molecule has 0 amide bonds. The Hall–Kier alpha value is -1.55. The molecule has 78 valence electrons. The average molecular weight is 203 g/mol. The molecule has 0 atom stereocenters. The Kier molecular flexibility index (Phi) is 1.73. The largest absolute Gasteiger partial charge is 0.508 e. The number of rotatable bonds is 2. The SMILES string of the molecule is NCc1nc2ccc(O)cc2n1C1CC1. The molecule has 2 aromatic rings. The maximum Gasteiger partial charge on any atom is 0.123 e. The van der Waals surface area contributed by atoms with Crippen LogP contribution in [0, 0.1) is 0 Å². The van der Waals surface area contributed by atoms with E-state index in [1.165, 1.54) is 12.8 Å². The molecule has 15 heavy (non-hydrogen) atoms. The summed E-state index contributed by atoms with van der Waals surface area (Å²) in [6, 6.07) is 5.80. The fourth-order valence-corrected chi connectivity index (χ4v) is 2.02. The van der Waals surface area contributed by atoms with Crippen molar-refractivity contribution in [1.82, 2.24) is 9.55 Å². The lowest BCUT2D eigenvalue weighted by atomic mass is 10.3. The van der Waals surface area contributed by atoms with Crippen molar-refractivity contribution in [1.29, 1.82) is 0 Å². The summed E-state index contributed by atoms with van der Waals surface area (Å²) < 4.78 is 2.16. The van der Waals surface area contributed by atoms with Crippen LogP contribution in [0.3, 0.4) is 0 Å². The Balaban J connectivity index is 2.30. The lowest BCUT2D eigenvalue weighted by Crippen LogP contribution is -2.06. The van der Waals surface area contributed by atoms with E-state index >= 15 is 0 Å². The molecule has 1 fully saturated rings. The Morgan fingerprint density at radius 1 is 1.47 bits per heavy atom. The second-order valence-corrected chi connectivity index (χ2v) is 4.01. The fraction of sp³-hybridized carbons (Fsp3) is 0.364. The van der Waals surface area contributed by atoms with E-state index in [0.29, 0.717) is 12.6 Å². The molecule has 0 saturated heterocycles. The number of fused-ring (bicyclic) bond motifs is 1. The molecule has 1 heterocycles. The number of hydrogen-bond donors (Lipinski definition) is 2. The third-order valence-electron chi connectivity index (χ3n) is 2.84. The van der Waals surface area contributed by atoms with Crippen molar-refractivity contribution in [2.75, 3.05) is 0 Å². The summed E-state index contributed by atoms with van der Waals surface area (Å²) in [5, 5.41) is 9.47. The topological polar surface area (TPSA) is 64.1 Å². The highest BCUT2D eigenvalue weighted by atomic mass is 16.3. The van der Waals surface area contributed by atoms with Crippen molar-refractivity contribution in [3.63, 3.8) is 0 Å². The van der Waals surface area contributed by atoms with Crippen molar-refractivity contribution in [2.24, 2.45) is 5.73 Å². The highest BCUT2D eigenvalue weighted by Gasteiger charge is 2.27. The zero-order chi connectivity index (χ0) is 10.4. The van der Waals surface area contributed by atoms with Crippen LogP contribution >= 0.6 is 0 Å². The number of hydrogen-bond acceptors (Lipinski definition) is 3. The number of benzene rings is 1. The molecular formula is C11H13N3O. The molecule has 3 rings (SSSR count). The lowest BCUT2D eigenvalue weighted by molar-refractivity contribution is 0.476. The molecule has 1 saturated carbocycles. The third kappa shape index (κ3) is 1.29. The number of nitrogens with zero attached hydrogens (tertiary/aromatic N) is 2. The van der Waals surface area contributed by atoms with Crippen molar-refractivity contribution < 1.29 is 5.11 Å². The zero-order valence-electron chi connectivity index (χ0n) is 8.35. The zero-order valence-corrected chi connectivity index (χ0v) is 8.35. The van der Waals surface area contributed by atoms with Crippen molar-refractivity contribution in [2.45, 2.75) is 25.4 Å². The molecule has 0 spiro atoms. The Labute approximate surface area is 87.3 Å². The van der Waals surface area contributed by atoms with Gasteiger partial charge in [-0.1, -0.05) is 0 Å². The Morgan fingerprint density at radius 3 is 2.93 bits per heavy atom. The van der Waals surface area contributed by atoms with Gasteiger partial charge >= 0.3 is 0 Å². The van der Waals surface area contributed by atoms with E-state index in [9.17, 15) is 5.11 Å². The van der Waals surface area contributed by atoms with Gasteiger partial charge < -0.3 is 15.4 Å². The molecule has 4 nitrogen and oxygen atoms in total. The van der Waals surface area contributed by atoms with Crippen LogP contribution in [0.2, 0.25) is 0 Å². The van der Waals surface area contributed by atoms with Gasteiger partial charge in [-0.05, 0) is 25.0 Å². The van der Waals surface area contributed by atoms with E-state index in [0.717, 1.165) is 16.9 Å². The third-order valence-corrected chi connectivity index (χ3v) is 2.84. The lowest BCUT2D eigenvalue weighted by Gasteiger charge is -2.05. The van der Waals surface area contributed by atoms with Crippen molar-refractivity contribution in [3.8, 4) is 5.75 Å². The summed E-state index contributed by atoms with van der Waals surface area (Å²) in [5.41, 5.74) is 7.59. The minimum Gasteiger partial charge on any atom is -0.508 e. The molecule has 0 radical (unpaired) electrons. The average Bonchev–Trinajstić information content (AvgIpc) is 2.99. The number of phenolic OH excluding ortho intramolecular Hbond substituents is 1. The predicted octanol–water partition coefficient (Wildman–Crippen LogP) is 1.54. The summed E-state index contributed by atoms with van der Waals surface area (Å²) >= 11 is 0. The molecule has 0 unspecified atom stereocenters. The first-order valence-electron chi connectivity index (χ1n) is 5.19. The van der Waals surface area contributed by atoms with Crippen molar-refractivity contribution in [3.05, 3.63) is 24.0 Å². The minimum atomic E-state index is 0.285. The van der Waals surface area contributed by atoms with Crippen LogP contribution in [0.15, 0.2) is 18.2 Å². The second kappa shape index (κ2) is 2.97. The van der Waals surface area contributed by atoms with E-state index in [1.807, 2.05) is 6.07 Å². The summed E-state index contributed by atoms with van der Waals surface area (Å²) in [6.45, 7) is 0.450. The molecule has 0 aliphatic heterocycles. The molecule has 1 aliphatic rings. The van der Waals surface area contributed by atoms with Crippen LogP contribution in [0.25, 0.3) is 11.0 Å². The highest BCUT2D eigenvalue weighted by Crippen LogP contribution is 2.39. The van der Waals surface area contributed by atoms with Crippen LogP contribution < -0.4 is 5.73 Å². The first-order chi connectivity index (χ1) is 7.29. The number of imidazole rings is 1. The van der Waals surface area contributed by atoms with E-state index in [1.54, 1.807) is 12.1 Å². The molecule has 4 heteroatoms. The second-order valence-electron chi connectivity index (χ2n) is 4.01.